The average molecular weight is 730 g/mol. The molecule has 0 fully saturated rings. The highest BCUT2D eigenvalue weighted by Crippen LogP contribution is 2.45. The minimum atomic E-state index is 0.674. The Hall–Kier alpha value is -5.94. The summed E-state index contributed by atoms with van der Waals surface area (Å²) >= 11 is 3.84. The molecule has 10 rings (SSSR count). The molecule has 0 spiro atoms. The fraction of sp³-hybridized carbons (Fsp3) is 0. The van der Waals surface area contributed by atoms with E-state index in [0.717, 1.165) is 29.2 Å². The van der Waals surface area contributed by atoms with Crippen molar-refractivity contribution < 1.29 is 9.68 Å². The lowest BCUT2D eigenvalue weighted by Gasteiger charge is -2.18. The van der Waals surface area contributed by atoms with Gasteiger partial charge in [-0.2, -0.15) is 0 Å². The van der Waals surface area contributed by atoms with Crippen LogP contribution >= 0.6 is 15.9 Å². The molecule has 0 atom stereocenters. The standard InChI is InChI=1S/C24H16BO2.C24H15Br/c26-25-27-24-21-13-5-3-11-19(21)23(20-12-4-6-14-22(20)24)18-15-7-9-16-8-1-2-10-17(16)18;25-24-21-13-5-3-11-19(21)23(20-12-4-6-14-22(20)24)18-15-7-9-16-8-1-2-10-17(16)18/h1-15,26H;1-15H. The average Bonchev–Trinajstić information content (AvgIpc) is 3.21. The highest BCUT2D eigenvalue weighted by Gasteiger charge is 2.18. The van der Waals surface area contributed by atoms with Crippen molar-refractivity contribution in [2.45, 2.75) is 0 Å². The third kappa shape index (κ3) is 5.40. The number of halogens is 1. The molecule has 10 aromatic carbocycles. The van der Waals surface area contributed by atoms with Gasteiger partial charge < -0.3 is 9.68 Å². The quantitative estimate of drug-likeness (QED) is 0.144. The van der Waals surface area contributed by atoms with Gasteiger partial charge in [0.05, 0.1) is 0 Å². The maximum Gasteiger partial charge on any atom is 0.569 e. The van der Waals surface area contributed by atoms with Gasteiger partial charge in [-0.3, -0.25) is 0 Å². The first kappa shape index (κ1) is 32.0. The summed E-state index contributed by atoms with van der Waals surface area (Å²) in [5.74, 6) is 0.674. The van der Waals surface area contributed by atoms with Crippen LogP contribution in [-0.2, 0) is 0 Å². The van der Waals surface area contributed by atoms with Gasteiger partial charge in [-0.15, -0.1) is 0 Å². The van der Waals surface area contributed by atoms with Crippen LogP contribution in [0.1, 0.15) is 0 Å². The summed E-state index contributed by atoms with van der Waals surface area (Å²) in [5, 5.41) is 23.5. The van der Waals surface area contributed by atoms with Crippen LogP contribution in [0.3, 0.4) is 0 Å². The Morgan fingerprint density at radius 2 is 0.654 bits per heavy atom. The van der Waals surface area contributed by atoms with Gasteiger partial charge in [0.2, 0.25) is 0 Å². The largest absolute Gasteiger partial charge is 0.569 e. The SMILES string of the molecule is Brc1c2ccccc2c(-c2cccc3ccccc23)c2ccccc12.O[B]Oc1c2ccccc2c(-c2cccc3ccccc23)c2ccccc12. The van der Waals surface area contributed by atoms with E-state index in [1.54, 1.807) is 0 Å². The minimum Gasteiger partial charge on any atom is -0.537 e. The third-order valence-electron chi connectivity index (χ3n) is 10.0. The molecule has 4 heteroatoms. The van der Waals surface area contributed by atoms with E-state index in [1.807, 2.05) is 36.4 Å². The Bertz CT molecular complexity index is 2830. The van der Waals surface area contributed by atoms with E-state index >= 15 is 0 Å². The predicted molar refractivity (Wildman–Crippen MR) is 225 cm³/mol. The highest BCUT2D eigenvalue weighted by molar-refractivity contribution is 9.10. The maximum atomic E-state index is 9.32. The summed E-state index contributed by atoms with van der Waals surface area (Å²) in [6, 6.07) is 63.7. The van der Waals surface area contributed by atoms with Crippen molar-refractivity contribution in [1.82, 2.24) is 0 Å². The van der Waals surface area contributed by atoms with Gasteiger partial charge in [-0.05, 0) is 92.0 Å². The first-order chi connectivity index (χ1) is 25.7. The lowest BCUT2D eigenvalue weighted by Crippen LogP contribution is -2.02. The molecule has 0 aliphatic heterocycles. The minimum absolute atomic E-state index is 0.674. The van der Waals surface area contributed by atoms with Crippen LogP contribution in [0.5, 0.6) is 5.75 Å². The van der Waals surface area contributed by atoms with Crippen LogP contribution in [0.25, 0.3) is 86.9 Å². The smallest absolute Gasteiger partial charge is 0.537 e. The number of hydrogen-bond donors (Lipinski definition) is 1. The van der Waals surface area contributed by atoms with Gasteiger partial charge in [0.15, 0.2) is 0 Å². The third-order valence-corrected chi connectivity index (χ3v) is 10.9. The zero-order chi connectivity index (χ0) is 35.0. The predicted octanol–water partition coefficient (Wildman–Crippen LogP) is 13.3. The lowest BCUT2D eigenvalue weighted by atomic mass is 9.89. The second kappa shape index (κ2) is 13.7. The van der Waals surface area contributed by atoms with Gasteiger partial charge in [-0.1, -0.05) is 182 Å². The molecule has 52 heavy (non-hydrogen) atoms. The van der Waals surface area contributed by atoms with Crippen molar-refractivity contribution in [3.63, 3.8) is 0 Å². The molecule has 0 aliphatic carbocycles. The van der Waals surface area contributed by atoms with Crippen molar-refractivity contribution in [3.8, 4) is 28.0 Å². The highest BCUT2D eigenvalue weighted by atomic mass is 79.9. The Kier molecular flexibility index (Phi) is 8.40. The summed E-state index contributed by atoms with van der Waals surface area (Å²) in [6.07, 6.45) is 0. The molecule has 1 radical (unpaired) electrons. The lowest BCUT2D eigenvalue weighted by molar-refractivity contribution is 0.459. The molecule has 0 unspecified atom stereocenters. The van der Waals surface area contributed by atoms with Crippen molar-refractivity contribution in [3.05, 3.63) is 186 Å². The van der Waals surface area contributed by atoms with Crippen LogP contribution in [0, 0.1) is 0 Å². The number of hydrogen-bond acceptors (Lipinski definition) is 2. The molecular formula is C48H31BBrO2. The second-order valence-electron chi connectivity index (χ2n) is 12.9. The fourth-order valence-electron chi connectivity index (χ4n) is 7.81. The van der Waals surface area contributed by atoms with Gasteiger partial charge in [0, 0.05) is 15.2 Å². The second-order valence-corrected chi connectivity index (χ2v) is 13.6. The van der Waals surface area contributed by atoms with Crippen LogP contribution < -0.4 is 4.65 Å². The van der Waals surface area contributed by atoms with Gasteiger partial charge >= 0.3 is 7.69 Å². The molecule has 0 amide bonds. The van der Waals surface area contributed by atoms with Crippen LogP contribution in [0.15, 0.2) is 186 Å². The van der Waals surface area contributed by atoms with E-state index in [1.165, 1.54) is 69.8 Å². The van der Waals surface area contributed by atoms with E-state index in [-0.39, 0.29) is 0 Å². The molecule has 10 aromatic rings. The Morgan fingerprint density at radius 3 is 1.06 bits per heavy atom. The van der Waals surface area contributed by atoms with E-state index in [0.29, 0.717) is 5.75 Å². The van der Waals surface area contributed by atoms with Gasteiger partial charge in [0.25, 0.3) is 0 Å². The molecule has 1 N–H and O–H groups in total. The summed E-state index contributed by atoms with van der Waals surface area (Å²) in [5.41, 5.74) is 4.98. The van der Waals surface area contributed by atoms with Crippen LogP contribution in [0.4, 0.5) is 0 Å². The molecule has 0 saturated heterocycles. The Morgan fingerprint density at radius 1 is 0.346 bits per heavy atom. The first-order valence-electron chi connectivity index (χ1n) is 17.3. The molecule has 0 saturated carbocycles. The summed E-state index contributed by atoms with van der Waals surface area (Å²) in [7, 11) is 0.756. The van der Waals surface area contributed by atoms with E-state index in [9.17, 15) is 5.02 Å². The van der Waals surface area contributed by atoms with Crippen molar-refractivity contribution in [2.24, 2.45) is 0 Å². The van der Waals surface area contributed by atoms with Crippen LogP contribution in [0.2, 0.25) is 0 Å². The van der Waals surface area contributed by atoms with E-state index < -0.39 is 0 Å². The number of fused-ring (bicyclic) bond motifs is 6. The molecule has 0 aliphatic rings. The van der Waals surface area contributed by atoms with E-state index in [4.69, 9.17) is 4.65 Å². The number of benzene rings is 10. The van der Waals surface area contributed by atoms with Crippen molar-refractivity contribution >= 4 is 88.2 Å². The molecule has 245 valence electrons. The summed E-state index contributed by atoms with van der Waals surface area (Å²) in [6.45, 7) is 0. The topological polar surface area (TPSA) is 29.5 Å². The first-order valence-corrected chi connectivity index (χ1v) is 18.1. The monoisotopic (exact) mass is 729 g/mol. The molecule has 0 heterocycles. The Labute approximate surface area is 311 Å². The molecule has 2 nitrogen and oxygen atoms in total. The number of rotatable bonds is 4. The van der Waals surface area contributed by atoms with Gasteiger partial charge in [0.1, 0.15) is 5.75 Å². The summed E-state index contributed by atoms with van der Waals surface area (Å²) in [4.78, 5) is 0. The molecule has 0 aromatic heterocycles. The summed E-state index contributed by atoms with van der Waals surface area (Å²) < 4.78 is 6.71. The van der Waals surface area contributed by atoms with Crippen molar-refractivity contribution in [2.75, 3.05) is 0 Å². The Balaban J connectivity index is 0.000000139. The zero-order valence-electron chi connectivity index (χ0n) is 28.1. The molecule has 0 bridgehead atoms. The maximum absolute atomic E-state index is 9.32. The fourth-order valence-corrected chi connectivity index (χ4v) is 8.50. The van der Waals surface area contributed by atoms with E-state index in [2.05, 4.69) is 162 Å². The van der Waals surface area contributed by atoms with Crippen LogP contribution in [-0.4, -0.2) is 12.7 Å². The molecular weight excluding hydrogens is 699 g/mol. The zero-order valence-corrected chi connectivity index (χ0v) is 29.7. The normalized spacial score (nSPS) is 11.3. The van der Waals surface area contributed by atoms with Gasteiger partial charge in [-0.25, -0.2) is 0 Å². The van der Waals surface area contributed by atoms with Crippen molar-refractivity contribution in [1.29, 1.82) is 0 Å².